The van der Waals surface area contributed by atoms with Crippen molar-refractivity contribution < 1.29 is 4.79 Å². The number of nitrogens with one attached hydrogen (secondary N) is 1. The van der Waals surface area contributed by atoms with Gasteiger partial charge in [-0.2, -0.15) is 0 Å². The van der Waals surface area contributed by atoms with Crippen LogP contribution in [0.3, 0.4) is 0 Å². The molecular formula is C14H24ClN3OS. The van der Waals surface area contributed by atoms with Gasteiger partial charge in [-0.3, -0.25) is 9.69 Å². The molecule has 0 spiro atoms. The van der Waals surface area contributed by atoms with Gasteiger partial charge in [0, 0.05) is 17.5 Å². The maximum Gasteiger partial charge on any atom is 0.234 e. The van der Waals surface area contributed by atoms with E-state index in [2.05, 4.69) is 17.1 Å². The van der Waals surface area contributed by atoms with Crippen LogP contribution in [0.1, 0.15) is 38.1 Å². The smallest absolute Gasteiger partial charge is 0.234 e. The monoisotopic (exact) mass is 317 g/mol. The summed E-state index contributed by atoms with van der Waals surface area (Å²) in [5, 5.41) is 2.83. The van der Waals surface area contributed by atoms with Gasteiger partial charge in [0.15, 0.2) is 0 Å². The van der Waals surface area contributed by atoms with Crippen molar-refractivity contribution in [3.63, 3.8) is 0 Å². The van der Waals surface area contributed by atoms with Gasteiger partial charge in [0.05, 0.1) is 16.9 Å². The number of nitrogens with zero attached hydrogens (tertiary/aromatic N) is 1. The van der Waals surface area contributed by atoms with E-state index >= 15 is 0 Å². The fourth-order valence-electron chi connectivity index (χ4n) is 2.22. The largest absolute Gasteiger partial charge is 0.355 e. The number of hydrogen-bond donors (Lipinski definition) is 2. The van der Waals surface area contributed by atoms with E-state index in [1.165, 1.54) is 11.3 Å². The molecule has 2 unspecified atom stereocenters. The number of rotatable bonds is 8. The van der Waals surface area contributed by atoms with Crippen LogP contribution in [0, 0.1) is 0 Å². The van der Waals surface area contributed by atoms with Gasteiger partial charge in [0.2, 0.25) is 5.91 Å². The second kappa shape index (κ2) is 8.62. The molecule has 2 atom stereocenters. The van der Waals surface area contributed by atoms with Gasteiger partial charge >= 0.3 is 0 Å². The number of carbonyl (C=O) groups excluding carboxylic acids is 1. The number of amides is 1. The highest BCUT2D eigenvalue weighted by Crippen LogP contribution is 2.32. The molecule has 1 heterocycles. The number of hydrogen-bond acceptors (Lipinski definition) is 4. The van der Waals surface area contributed by atoms with Gasteiger partial charge < -0.3 is 11.1 Å². The van der Waals surface area contributed by atoms with Gasteiger partial charge in [0.1, 0.15) is 0 Å². The Kier molecular flexibility index (Phi) is 7.51. The standard InChI is InChI=1S/C14H24ClN3OS/c1-4-10(16)14(11-7-8-12(15)20-11)18(6-3)9-13(19)17-5-2/h7-8,10,14H,4-6,9,16H2,1-3H3,(H,17,19). The number of carbonyl (C=O) groups is 1. The van der Waals surface area contributed by atoms with E-state index in [-0.39, 0.29) is 18.0 Å². The average molecular weight is 318 g/mol. The van der Waals surface area contributed by atoms with E-state index in [9.17, 15) is 4.79 Å². The van der Waals surface area contributed by atoms with Crippen LogP contribution in [0.15, 0.2) is 12.1 Å². The van der Waals surface area contributed by atoms with Gasteiger partial charge in [0.25, 0.3) is 0 Å². The first-order valence-corrected chi connectivity index (χ1v) is 8.24. The van der Waals surface area contributed by atoms with Crippen LogP contribution in [0.4, 0.5) is 0 Å². The van der Waals surface area contributed by atoms with Gasteiger partial charge in [-0.1, -0.05) is 25.4 Å². The van der Waals surface area contributed by atoms with E-state index in [4.69, 9.17) is 17.3 Å². The quantitative estimate of drug-likeness (QED) is 0.775. The van der Waals surface area contributed by atoms with Crippen molar-refractivity contribution in [1.29, 1.82) is 0 Å². The Hall–Kier alpha value is -0.620. The minimum absolute atomic E-state index is 0.0147. The Morgan fingerprint density at radius 3 is 2.60 bits per heavy atom. The van der Waals surface area contributed by atoms with Gasteiger partial charge in [-0.25, -0.2) is 0 Å². The number of halogens is 1. The first kappa shape index (κ1) is 17.4. The van der Waals surface area contributed by atoms with Crippen molar-refractivity contribution in [2.45, 2.75) is 39.3 Å². The van der Waals surface area contributed by atoms with E-state index in [1.54, 1.807) is 0 Å². The molecule has 1 rings (SSSR count). The summed E-state index contributed by atoms with van der Waals surface area (Å²) in [5.41, 5.74) is 6.27. The first-order valence-electron chi connectivity index (χ1n) is 7.04. The molecule has 114 valence electrons. The van der Waals surface area contributed by atoms with E-state index < -0.39 is 0 Å². The molecule has 0 fully saturated rings. The summed E-state index contributed by atoms with van der Waals surface area (Å²) in [4.78, 5) is 15.1. The Morgan fingerprint density at radius 1 is 1.45 bits per heavy atom. The summed E-state index contributed by atoms with van der Waals surface area (Å²) in [5.74, 6) is 0.0327. The van der Waals surface area contributed by atoms with Crippen LogP contribution >= 0.6 is 22.9 Å². The Labute approximate surface area is 130 Å². The molecule has 0 aliphatic heterocycles. The molecule has 0 saturated carbocycles. The van der Waals surface area contributed by atoms with Crippen LogP contribution in [-0.2, 0) is 4.79 Å². The molecule has 0 aliphatic carbocycles. The molecular weight excluding hydrogens is 294 g/mol. The lowest BCUT2D eigenvalue weighted by atomic mass is 10.0. The number of likely N-dealkylation sites (N-methyl/N-ethyl adjacent to an activating group) is 2. The third kappa shape index (κ3) is 4.74. The third-order valence-electron chi connectivity index (χ3n) is 3.28. The molecule has 0 bridgehead atoms. The Bertz CT molecular complexity index is 424. The molecule has 6 heteroatoms. The van der Waals surface area contributed by atoms with Crippen molar-refractivity contribution in [1.82, 2.24) is 10.2 Å². The summed E-state index contributed by atoms with van der Waals surface area (Å²) in [6.45, 7) is 7.80. The maximum absolute atomic E-state index is 11.8. The van der Waals surface area contributed by atoms with Crippen molar-refractivity contribution in [2.75, 3.05) is 19.6 Å². The highest BCUT2D eigenvalue weighted by atomic mass is 35.5. The van der Waals surface area contributed by atoms with E-state index in [0.29, 0.717) is 13.1 Å². The minimum Gasteiger partial charge on any atom is -0.355 e. The van der Waals surface area contributed by atoms with Crippen LogP contribution < -0.4 is 11.1 Å². The second-order valence-corrected chi connectivity index (χ2v) is 6.42. The Morgan fingerprint density at radius 2 is 2.15 bits per heavy atom. The zero-order chi connectivity index (χ0) is 15.1. The predicted molar refractivity (Wildman–Crippen MR) is 86.3 cm³/mol. The van der Waals surface area contributed by atoms with Crippen molar-refractivity contribution >= 4 is 28.8 Å². The average Bonchev–Trinajstić information content (AvgIpc) is 2.84. The summed E-state index contributed by atoms with van der Waals surface area (Å²) in [7, 11) is 0. The summed E-state index contributed by atoms with van der Waals surface area (Å²) in [6, 6.07) is 3.91. The summed E-state index contributed by atoms with van der Waals surface area (Å²) < 4.78 is 0.752. The van der Waals surface area contributed by atoms with Crippen LogP contribution in [-0.4, -0.2) is 36.5 Å². The summed E-state index contributed by atoms with van der Waals surface area (Å²) >= 11 is 7.57. The molecule has 4 nitrogen and oxygen atoms in total. The molecule has 0 saturated heterocycles. The second-order valence-electron chi connectivity index (χ2n) is 4.68. The molecule has 0 aromatic carbocycles. The predicted octanol–water partition coefficient (Wildman–Crippen LogP) is 2.64. The zero-order valence-corrected chi connectivity index (χ0v) is 13.9. The SMILES string of the molecule is CCNC(=O)CN(CC)C(c1ccc(Cl)s1)C(N)CC. The number of thiophene rings is 1. The molecule has 1 amide bonds. The van der Waals surface area contributed by atoms with Crippen LogP contribution in [0.5, 0.6) is 0 Å². The van der Waals surface area contributed by atoms with Crippen molar-refractivity contribution in [3.8, 4) is 0 Å². The molecule has 20 heavy (non-hydrogen) atoms. The molecule has 1 aromatic heterocycles. The normalized spacial score (nSPS) is 14.3. The van der Waals surface area contributed by atoms with E-state index in [1.807, 2.05) is 26.0 Å². The van der Waals surface area contributed by atoms with Crippen molar-refractivity contribution in [2.24, 2.45) is 5.73 Å². The lowest BCUT2D eigenvalue weighted by Crippen LogP contribution is -2.45. The zero-order valence-electron chi connectivity index (χ0n) is 12.4. The lowest BCUT2D eigenvalue weighted by Gasteiger charge is -2.33. The van der Waals surface area contributed by atoms with E-state index in [0.717, 1.165) is 22.2 Å². The van der Waals surface area contributed by atoms with Gasteiger partial charge in [-0.05, 0) is 32.0 Å². The van der Waals surface area contributed by atoms with Crippen molar-refractivity contribution in [3.05, 3.63) is 21.3 Å². The highest BCUT2D eigenvalue weighted by molar-refractivity contribution is 7.16. The lowest BCUT2D eigenvalue weighted by molar-refractivity contribution is -0.122. The molecule has 1 aromatic rings. The molecule has 0 aliphatic rings. The topological polar surface area (TPSA) is 58.4 Å². The summed E-state index contributed by atoms with van der Waals surface area (Å²) in [6.07, 6.45) is 0.853. The fraction of sp³-hybridized carbons (Fsp3) is 0.643. The minimum atomic E-state index is -0.0147. The fourth-order valence-corrected chi connectivity index (χ4v) is 3.49. The van der Waals surface area contributed by atoms with Crippen LogP contribution in [0.2, 0.25) is 4.34 Å². The maximum atomic E-state index is 11.8. The number of nitrogens with two attached hydrogens (primary N) is 1. The molecule has 0 radical (unpaired) electrons. The van der Waals surface area contributed by atoms with Gasteiger partial charge in [-0.15, -0.1) is 11.3 Å². The van der Waals surface area contributed by atoms with Crippen LogP contribution in [0.25, 0.3) is 0 Å². The first-order chi connectivity index (χ1) is 9.53. The Balaban J connectivity index is 2.92. The third-order valence-corrected chi connectivity index (χ3v) is 4.58. The highest BCUT2D eigenvalue weighted by Gasteiger charge is 2.27. The molecule has 3 N–H and O–H groups in total.